The van der Waals surface area contributed by atoms with Gasteiger partial charge >= 0.3 is 0 Å². The van der Waals surface area contributed by atoms with Crippen LogP contribution in [0.4, 0.5) is 14.7 Å². The lowest BCUT2D eigenvalue weighted by atomic mass is 10.1. The molecule has 1 aromatic carbocycles. The van der Waals surface area contributed by atoms with Crippen molar-refractivity contribution in [3.63, 3.8) is 0 Å². The van der Waals surface area contributed by atoms with Crippen molar-refractivity contribution in [2.45, 2.75) is 25.2 Å². The average molecular weight is 378 g/mol. The van der Waals surface area contributed by atoms with Crippen LogP contribution in [-0.4, -0.2) is 39.8 Å². The molecule has 2 aromatic heterocycles. The van der Waals surface area contributed by atoms with Crippen LogP contribution in [0.3, 0.4) is 0 Å². The molecule has 2 atom stereocenters. The van der Waals surface area contributed by atoms with Crippen LogP contribution < -0.4 is 10.6 Å². The number of halogens is 3. The van der Waals surface area contributed by atoms with Gasteiger partial charge in [-0.15, -0.1) is 0 Å². The highest BCUT2D eigenvalue weighted by Crippen LogP contribution is 2.27. The first-order chi connectivity index (χ1) is 12.5. The Kier molecular flexibility index (Phi) is 4.50. The maximum atomic E-state index is 13.8. The van der Waals surface area contributed by atoms with Gasteiger partial charge in [0, 0.05) is 19.3 Å². The standard InChI is InChI=1S/C18H18ClF2N5/c19-11-1-3-13(23-8-11)9-26-17-7-12(20)2-4-16(17)24-18(26)25-6-5-14(21)15(22)10-25/h1-4,7-8,14-15H,5-6,9-10,22H2/t14?,15-/m1/s1. The zero-order valence-electron chi connectivity index (χ0n) is 13.9. The molecule has 0 bridgehead atoms. The SMILES string of the molecule is N[C@@H]1CN(c2nc3ccc(F)cc3n2Cc2ccc(Cl)cn2)CCC1F. The average Bonchev–Trinajstić information content (AvgIpc) is 2.97. The predicted molar refractivity (Wildman–Crippen MR) is 97.7 cm³/mol. The number of hydrogen-bond acceptors (Lipinski definition) is 4. The third-order valence-electron chi connectivity index (χ3n) is 4.65. The van der Waals surface area contributed by atoms with Crippen LogP contribution in [0.25, 0.3) is 11.0 Å². The molecule has 0 saturated carbocycles. The number of benzene rings is 1. The van der Waals surface area contributed by atoms with Crippen molar-refractivity contribution in [2.75, 3.05) is 18.0 Å². The summed E-state index contributed by atoms with van der Waals surface area (Å²) in [7, 11) is 0. The van der Waals surface area contributed by atoms with Crippen LogP contribution in [0.1, 0.15) is 12.1 Å². The van der Waals surface area contributed by atoms with Gasteiger partial charge in [-0.25, -0.2) is 13.8 Å². The molecule has 2 N–H and O–H groups in total. The fourth-order valence-electron chi connectivity index (χ4n) is 3.28. The minimum absolute atomic E-state index is 0.339. The first-order valence-corrected chi connectivity index (χ1v) is 8.80. The fourth-order valence-corrected chi connectivity index (χ4v) is 3.39. The Hall–Kier alpha value is -2.25. The lowest BCUT2D eigenvalue weighted by molar-refractivity contribution is 0.243. The number of piperidine rings is 1. The number of pyridine rings is 1. The van der Waals surface area contributed by atoms with E-state index in [0.717, 1.165) is 5.69 Å². The monoisotopic (exact) mass is 377 g/mol. The lowest BCUT2D eigenvalue weighted by Gasteiger charge is -2.34. The van der Waals surface area contributed by atoms with Gasteiger partial charge in [-0.05, 0) is 36.8 Å². The molecule has 4 rings (SSSR count). The Labute approximate surface area is 154 Å². The summed E-state index contributed by atoms with van der Waals surface area (Å²) in [6.45, 7) is 1.27. The summed E-state index contributed by atoms with van der Waals surface area (Å²) in [5.41, 5.74) is 8.00. The first-order valence-electron chi connectivity index (χ1n) is 8.42. The minimum atomic E-state index is -1.01. The van der Waals surface area contributed by atoms with E-state index < -0.39 is 12.2 Å². The highest BCUT2D eigenvalue weighted by molar-refractivity contribution is 6.30. The van der Waals surface area contributed by atoms with Crippen molar-refractivity contribution < 1.29 is 8.78 Å². The van der Waals surface area contributed by atoms with Crippen LogP contribution in [0.15, 0.2) is 36.5 Å². The number of nitrogens with zero attached hydrogens (tertiary/aromatic N) is 4. The number of anilines is 1. The van der Waals surface area contributed by atoms with E-state index in [2.05, 4.69) is 9.97 Å². The maximum absolute atomic E-state index is 13.8. The molecule has 1 saturated heterocycles. The van der Waals surface area contributed by atoms with E-state index in [-0.39, 0.29) is 5.82 Å². The second-order valence-electron chi connectivity index (χ2n) is 6.51. The highest BCUT2D eigenvalue weighted by Gasteiger charge is 2.29. The third-order valence-corrected chi connectivity index (χ3v) is 4.88. The minimum Gasteiger partial charge on any atom is -0.340 e. The largest absolute Gasteiger partial charge is 0.340 e. The Morgan fingerprint density at radius 1 is 1.27 bits per heavy atom. The topological polar surface area (TPSA) is 60.0 Å². The summed E-state index contributed by atoms with van der Waals surface area (Å²) in [6, 6.07) is 7.47. The summed E-state index contributed by atoms with van der Waals surface area (Å²) in [6.07, 6.45) is 0.901. The number of imidazole rings is 1. The van der Waals surface area contributed by atoms with E-state index in [9.17, 15) is 8.78 Å². The number of aromatic nitrogens is 3. The third kappa shape index (κ3) is 3.24. The molecule has 3 aromatic rings. The van der Waals surface area contributed by atoms with Crippen molar-refractivity contribution in [2.24, 2.45) is 5.73 Å². The van der Waals surface area contributed by atoms with Crippen LogP contribution >= 0.6 is 11.6 Å². The molecule has 3 heterocycles. The van der Waals surface area contributed by atoms with Gasteiger partial charge in [-0.1, -0.05) is 11.6 Å². The van der Waals surface area contributed by atoms with Crippen molar-refractivity contribution in [1.29, 1.82) is 0 Å². The molecule has 5 nitrogen and oxygen atoms in total. The van der Waals surface area contributed by atoms with Crippen LogP contribution in [-0.2, 0) is 6.54 Å². The Bertz CT molecular complexity index is 927. The van der Waals surface area contributed by atoms with Gasteiger partial charge in [-0.3, -0.25) is 4.98 Å². The summed E-state index contributed by atoms with van der Waals surface area (Å²) in [4.78, 5) is 10.9. The van der Waals surface area contributed by atoms with Gasteiger partial charge in [0.1, 0.15) is 12.0 Å². The van der Waals surface area contributed by atoms with E-state index >= 15 is 0 Å². The molecule has 8 heteroatoms. The quantitative estimate of drug-likeness (QED) is 0.761. The summed E-state index contributed by atoms with van der Waals surface area (Å²) in [5, 5.41) is 0.548. The Morgan fingerprint density at radius 3 is 2.85 bits per heavy atom. The van der Waals surface area contributed by atoms with E-state index in [1.54, 1.807) is 18.3 Å². The van der Waals surface area contributed by atoms with E-state index in [1.165, 1.54) is 12.1 Å². The molecule has 0 spiro atoms. The summed E-state index contributed by atoms with van der Waals surface area (Å²) < 4.78 is 29.5. The van der Waals surface area contributed by atoms with E-state index in [0.29, 0.717) is 48.1 Å². The molecule has 0 amide bonds. The maximum Gasteiger partial charge on any atom is 0.206 e. The molecule has 0 radical (unpaired) electrons. The molecular weight excluding hydrogens is 360 g/mol. The van der Waals surface area contributed by atoms with Crippen molar-refractivity contribution in [1.82, 2.24) is 14.5 Å². The predicted octanol–water partition coefficient (Wildman–Crippen LogP) is 3.15. The molecule has 1 aliphatic rings. The Morgan fingerprint density at radius 2 is 2.12 bits per heavy atom. The second-order valence-corrected chi connectivity index (χ2v) is 6.95. The van der Waals surface area contributed by atoms with Gasteiger partial charge in [0.15, 0.2) is 0 Å². The van der Waals surface area contributed by atoms with Crippen molar-refractivity contribution in [3.05, 3.63) is 53.1 Å². The molecule has 1 fully saturated rings. The molecule has 26 heavy (non-hydrogen) atoms. The summed E-state index contributed by atoms with van der Waals surface area (Å²) in [5.74, 6) is 0.304. The number of nitrogens with two attached hydrogens (primary N) is 1. The van der Waals surface area contributed by atoms with Gasteiger partial charge in [0.05, 0.1) is 34.3 Å². The first kappa shape index (κ1) is 17.2. The number of rotatable bonds is 3. The number of alkyl halides is 1. The van der Waals surface area contributed by atoms with E-state index in [4.69, 9.17) is 17.3 Å². The number of fused-ring (bicyclic) bond motifs is 1. The number of hydrogen-bond donors (Lipinski definition) is 1. The van der Waals surface area contributed by atoms with Crippen LogP contribution in [0.5, 0.6) is 0 Å². The van der Waals surface area contributed by atoms with Gasteiger partial charge in [0.2, 0.25) is 5.95 Å². The smallest absolute Gasteiger partial charge is 0.206 e. The van der Waals surface area contributed by atoms with Gasteiger partial charge in [-0.2, -0.15) is 0 Å². The fraction of sp³-hybridized carbons (Fsp3) is 0.333. The zero-order chi connectivity index (χ0) is 18.3. The van der Waals surface area contributed by atoms with Crippen molar-refractivity contribution in [3.8, 4) is 0 Å². The highest BCUT2D eigenvalue weighted by atomic mass is 35.5. The van der Waals surface area contributed by atoms with Crippen LogP contribution in [0, 0.1) is 5.82 Å². The molecule has 1 aliphatic heterocycles. The van der Waals surface area contributed by atoms with E-state index in [1.807, 2.05) is 15.5 Å². The molecular formula is C18H18ClF2N5. The normalized spacial score (nSPS) is 20.7. The molecule has 136 valence electrons. The van der Waals surface area contributed by atoms with Crippen molar-refractivity contribution >= 4 is 28.6 Å². The van der Waals surface area contributed by atoms with Crippen LogP contribution in [0.2, 0.25) is 5.02 Å². The zero-order valence-corrected chi connectivity index (χ0v) is 14.7. The van der Waals surface area contributed by atoms with Gasteiger partial charge in [0.25, 0.3) is 0 Å². The van der Waals surface area contributed by atoms with Gasteiger partial charge < -0.3 is 15.2 Å². The second kappa shape index (κ2) is 6.81. The molecule has 0 aliphatic carbocycles. The molecule has 1 unspecified atom stereocenters. The lowest BCUT2D eigenvalue weighted by Crippen LogP contribution is -2.50. The summed E-state index contributed by atoms with van der Waals surface area (Å²) >= 11 is 5.90. The Balaban J connectivity index is 1.77.